The van der Waals surface area contributed by atoms with E-state index in [1.54, 1.807) is 0 Å². The summed E-state index contributed by atoms with van der Waals surface area (Å²) in [5.74, 6) is 1.29. The molecule has 5 nitrogen and oxygen atoms in total. The second-order valence-electron chi connectivity index (χ2n) is 4.98. The van der Waals surface area contributed by atoms with Gasteiger partial charge in [-0.1, -0.05) is 6.92 Å². The molecule has 0 radical (unpaired) electrons. The average Bonchev–Trinajstić information content (AvgIpc) is 2.40. The largest absolute Gasteiger partial charge is 0.491 e. The number of rotatable bonds is 7. The summed E-state index contributed by atoms with van der Waals surface area (Å²) in [5, 5.41) is 3.07. The van der Waals surface area contributed by atoms with Crippen LogP contribution in [0.15, 0.2) is 29.3 Å². The Labute approximate surface area is 121 Å². The average molecular weight is 278 g/mol. The highest BCUT2D eigenvalue weighted by Gasteiger charge is 1.99. The van der Waals surface area contributed by atoms with Gasteiger partial charge in [0.25, 0.3) is 0 Å². The third kappa shape index (κ3) is 6.43. The number of ether oxygens (including phenoxy) is 1. The minimum absolute atomic E-state index is 0.177. The molecular weight excluding hydrogens is 252 g/mol. The van der Waals surface area contributed by atoms with Crippen molar-refractivity contribution < 1.29 is 4.74 Å². The molecule has 0 saturated heterocycles. The van der Waals surface area contributed by atoms with E-state index < -0.39 is 0 Å². The van der Waals surface area contributed by atoms with Crippen molar-refractivity contribution in [2.45, 2.75) is 26.9 Å². The summed E-state index contributed by atoms with van der Waals surface area (Å²) < 4.78 is 5.58. The molecule has 0 fully saturated rings. The number of nitrogens with one attached hydrogen (secondary N) is 1. The van der Waals surface area contributed by atoms with Gasteiger partial charge in [0.15, 0.2) is 5.96 Å². The van der Waals surface area contributed by atoms with Crippen LogP contribution in [-0.2, 0) is 0 Å². The van der Waals surface area contributed by atoms with Crippen LogP contribution >= 0.6 is 0 Å². The normalized spacial score (nSPS) is 12.0. The van der Waals surface area contributed by atoms with Crippen LogP contribution in [0.5, 0.6) is 5.75 Å². The topological polar surface area (TPSA) is 62.9 Å². The lowest BCUT2D eigenvalue weighted by Crippen LogP contribution is -2.26. The number of nitrogens with two attached hydrogens (primary N) is 1. The monoisotopic (exact) mass is 278 g/mol. The van der Waals surface area contributed by atoms with Gasteiger partial charge in [0.1, 0.15) is 5.75 Å². The fourth-order valence-electron chi connectivity index (χ4n) is 1.58. The standard InChI is InChI=1S/C15H26N4O/c1-5-19(4)11-10-17-15(16)18-13-6-8-14(9-7-13)20-12(2)3/h6-9,12H,5,10-11H2,1-4H3,(H3,16,17,18). The van der Waals surface area contributed by atoms with E-state index in [9.17, 15) is 0 Å². The Hall–Kier alpha value is -1.75. The number of anilines is 1. The maximum Gasteiger partial charge on any atom is 0.193 e. The number of hydrogen-bond donors (Lipinski definition) is 2. The quantitative estimate of drug-likeness (QED) is 0.592. The lowest BCUT2D eigenvalue weighted by atomic mass is 10.3. The van der Waals surface area contributed by atoms with Crippen molar-refractivity contribution in [3.63, 3.8) is 0 Å². The summed E-state index contributed by atoms with van der Waals surface area (Å²) in [6.45, 7) is 8.73. The van der Waals surface area contributed by atoms with Gasteiger partial charge in [-0.05, 0) is 51.7 Å². The molecule has 112 valence electrons. The van der Waals surface area contributed by atoms with Crippen molar-refractivity contribution >= 4 is 11.6 Å². The van der Waals surface area contributed by atoms with Crippen LogP contribution in [0.2, 0.25) is 0 Å². The molecule has 0 heterocycles. The molecular formula is C15H26N4O. The summed E-state index contributed by atoms with van der Waals surface area (Å²) in [5.41, 5.74) is 6.75. The molecule has 1 aromatic rings. The minimum Gasteiger partial charge on any atom is -0.491 e. The second-order valence-corrected chi connectivity index (χ2v) is 4.98. The molecule has 0 aromatic heterocycles. The van der Waals surface area contributed by atoms with Crippen LogP contribution in [0.3, 0.4) is 0 Å². The molecule has 0 spiro atoms. The molecule has 1 rings (SSSR count). The van der Waals surface area contributed by atoms with Crippen LogP contribution in [0.25, 0.3) is 0 Å². The lowest BCUT2D eigenvalue weighted by Gasteiger charge is -2.12. The van der Waals surface area contributed by atoms with Crippen LogP contribution in [0, 0.1) is 0 Å². The lowest BCUT2D eigenvalue weighted by molar-refractivity contribution is 0.242. The summed E-state index contributed by atoms with van der Waals surface area (Å²) >= 11 is 0. The van der Waals surface area contributed by atoms with E-state index in [-0.39, 0.29) is 6.10 Å². The van der Waals surface area contributed by atoms with Crippen LogP contribution < -0.4 is 15.8 Å². The van der Waals surface area contributed by atoms with Gasteiger partial charge in [0, 0.05) is 12.2 Å². The number of guanidine groups is 1. The first-order chi connectivity index (χ1) is 9.51. The zero-order valence-corrected chi connectivity index (χ0v) is 12.9. The Balaban J connectivity index is 2.45. The van der Waals surface area contributed by atoms with Crippen molar-refractivity contribution in [2.24, 2.45) is 10.7 Å². The van der Waals surface area contributed by atoms with Gasteiger partial charge in [0.05, 0.1) is 12.6 Å². The molecule has 0 aliphatic carbocycles. The third-order valence-corrected chi connectivity index (χ3v) is 2.80. The van der Waals surface area contributed by atoms with Crippen molar-refractivity contribution in [3.8, 4) is 5.75 Å². The SMILES string of the molecule is CCN(C)CCN=C(N)Nc1ccc(OC(C)C)cc1. The van der Waals surface area contributed by atoms with Crippen LogP contribution in [0.4, 0.5) is 5.69 Å². The summed E-state index contributed by atoms with van der Waals surface area (Å²) in [6.07, 6.45) is 0.177. The molecule has 5 heteroatoms. The smallest absolute Gasteiger partial charge is 0.193 e. The molecule has 0 amide bonds. The number of aliphatic imine (C=N–C) groups is 1. The predicted molar refractivity (Wildman–Crippen MR) is 85.5 cm³/mol. The number of hydrogen-bond acceptors (Lipinski definition) is 3. The van der Waals surface area contributed by atoms with E-state index in [1.165, 1.54) is 0 Å². The first-order valence-electron chi connectivity index (χ1n) is 7.03. The van der Waals surface area contributed by atoms with Gasteiger partial charge in [-0.15, -0.1) is 0 Å². The van der Waals surface area contributed by atoms with Crippen molar-refractivity contribution in [1.29, 1.82) is 0 Å². The van der Waals surface area contributed by atoms with Gasteiger partial charge in [-0.3, -0.25) is 4.99 Å². The number of nitrogens with zero attached hydrogens (tertiary/aromatic N) is 2. The Morgan fingerprint density at radius 1 is 1.35 bits per heavy atom. The van der Waals surface area contributed by atoms with Crippen molar-refractivity contribution in [1.82, 2.24) is 4.90 Å². The highest BCUT2D eigenvalue weighted by molar-refractivity contribution is 5.92. The summed E-state index contributed by atoms with van der Waals surface area (Å²) in [7, 11) is 2.06. The van der Waals surface area contributed by atoms with E-state index in [2.05, 4.69) is 29.2 Å². The predicted octanol–water partition coefficient (Wildman–Crippen LogP) is 2.15. The fourth-order valence-corrected chi connectivity index (χ4v) is 1.58. The number of benzene rings is 1. The number of likely N-dealkylation sites (N-methyl/N-ethyl adjacent to an activating group) is 1. The maximum atomic E-state index is 5.84. The van der Waals surface area contributed by atoms with Gasteiger partial charge < -0.3 is 20.7 Å². The highest BCUT2D eigenvalue weighted by Crippen LogP contribution is 2.16. The fraction of sp³-hybridized carbons (Fsp3) is 0.533. The minimum atomic E-state index is 0.177. The van der Waals surface area contributed by atoms with Crippen molar-refractivity contribution in [2.75, 3.05) is 32.0 Å². The Morgan fingerprint density at radius 3 is 2.55 bits per heavy atom. The molecule has 1 aromatic carbocycles. The van der Waals surface area contributed by atoms with E-state index in [1.807, 2.05) is 38.1 Å². The third-order valence-electron chi connectivity index (χ3n) is 2.80. The summed E-state index contributed by atoms with van der Waals surface area (Å²) in [4.78, 5) is 6.48. The highest BCUT2D eigenvalue weighted by atomic mass is 16.5. The van der Waals surface area contributed by atoms with E-state index >= 15 is 0 Å². The first kappa shape index (κ1) is 16.3. The maximum absolute atomic E-state index is 5.84. The molecule has 3 N–H and O–H groups in total. The molecule has 0 bridgehead atoms. The first-order valence-corrected chi connectivity index (χ1v) is 7.03. The van der Waals surface area contributed by atoms with Crippen LogP contribution in [0.1, 0.15) is 20.8 Å². The molecule has 0 saturated carbocycles. The van der Waals surface area contributed by atoms with E-state index in [0.717, 1.165) is 24.5 Å². The molecule has 20 heavy (non-hydrogen) atoms. The second kappa shape index (κ2) is 8.43. The van der Waals surface area contributed by atoms with Gasteiger partial charge in [-0.2, -0.15) is 0 Å². The van der Waals surface area contributed by atoms with Crippen molar-refractivity contribution in [3.05, 3.63) is 24.3 Å². The van der Waals surface area contributed by atoms with E-state index in [0.29, 0.717) is 12.5 Å². The summed E-state index contributed by atoms with van der Waals surface area (Å²) in [6, 6.07) is 7.69. The Bertz CT molecular complexity index is 414. The van der Waals surface area contributed by atoms with E-state index in [4.69, 9.17) is 10.5 Å². The zero-order valence-electron chi connectivity index (χ0n) is 12.9. The Kier molecular flexibility index (Phi) is 6.87. The molecule has 0 atom stereocenters. The van der Waals surface area contributed by atoms with Gasteiger partial charge >= 0.3 is 0 Å². The van der Waals surface area contributed by atoms with Gasteiger partial charge in [0.2, 0.25) is 0 Å². The molecule has 0 aliphatic rings. The van der Waals surface area contributed by atoms with Gasteiger partial charge in [-0.25, -0.2) is 0 Å². The molecule has 0 aliphatic heterocycles. The van der Waals surface area contributed by atoms with Crippen LogP contribution in [-0.4, -0.2) is 43.6 Å². The molecule has 0 unspecified atom stereocenters. The Morgan fingerprint density at radius 2 is 2.00 bits per heavy atom. The zero-order chi connectivity index (χ0) is 15.0.